The number of unbranched alkanes of at least 4 members (excludes halogenated alkanes) is 1. The van der Waals surface area contributed by atoms with Crippen LogP contribution in [0.5, 0.6) is 5.75 Å². The predicted octanol–water partition coefficient (Wildman–Crippen LogP) is 2.09. The Hall–Kier alpha value is -1.10. The molecule has 0 aliphatic carbocycles. The van der Waals surface area contributed by atoms with Crippen LogP contribution in [0, 0.1) is 0 Å². The average molecular weight is 281 g/mol. The zero-order chi connectivity index (χ0) is 14.8. The zero-order valence-electron chi connectivity index (χ0n) is 12.6. The van der Waals surface area contributed by atoms with E-state index in [4.69, 9.17) is 9.84 Å². The Bertz CT molecular complexity index is 366. The maximum Gasteiger partial charge on any atom is 0.119 e. The van der Waals surface area contributed by atoms with Gasteiger partial charge in [0.1, 0.15) is 5.75 Å². The second-order valence-electron chi connectivity index (χ2n) is 5.36. The lowest BCUT2D eigenvalue weighted by atomic mass is 9.96. The number of benzene rings is 1. The Morgan fingerprint density at radius 1 is 1.15 bits per heavy atom. The highest BCUT2D eigenvalue weighted by atomic mass is 16.5. The van der Waals surface area contributed by atoms with E-state index in [1.54, 1.807) is 0 Å². The number of hydrogen-bond acceptors (Lipinski definition) is 4. The van der Waals surface area contributed by atoms with Crippen molar-refractivity contribution in [1.29, 1.82) is 0 Å². The third-order valence-electron chi connectivity index (χ3n) is 3.45. The number of hydrogen-bond donors (Lipinski definition) is 3. The molecule has 0 spiro atoms. The highest BCUT2D eigenvalue weighted by Crippen LogP contribution is 2.15. The van der Waals surface area contributed by atoms with E-state index >= 15 is 0 Å². The zero-order valence-corrected chi connectivity index (χ0v) is 12.6. The molecule has 4 nitrogen and oxygen atoms in total. The summed E-state index contributed by atoms with van der Waals surface area (Å²) in [5, 5.41) is 21.7. The maximum atomic E-state index is 9.39. The Kier molecular flexibility index (Phi) is 7.59. The van der Waals surface area contributed by atoms with Crippen LogP contribution in [0.1, 0.15) is 38.7 Å². The Balaban J connectivity index is 2.21. The molecule has 114 valence electrons. The molecule has 0 bridgehead atoms. The van der Waals surface area contributed by atoms with Gasteiger partial charge in [-0.25, -0.2) is 0 Å². The Morgan fingerprint density at radius 3 is 2.40 bits per heavy atom. The van der Waals surface area contributed by atoms with Crippen molar-refractivity contribution in [2.24, 2.45) is 0 Å². The summed E-state index contributed by atoms with van der Waals surface area (Å²) in [6, 6.07) is 7.48. The molecule has 0 radical (unpaired) electrons. The molecule has 0 saturated carbocycles. The summed E-state index contributed by atoms with van der Waals surface area (Å²) >= 11 is 0. The first-order valence-corrected chi connectivity index (χ1v) is 7.32. The summed E-state index contributed by atoms with van der Waals surface area (Å²) in [6.07, 6.45) is 2.91. The molecule has 3 N–H and O–H groups in total. The maximum absolute atomic E-state index is 9.39. The number of rotatable bonds is 10. The van der Waals surface area contributed by atoms with Gasteiger partial charge in [0.05, 0.1) is 19.8 Å². The van der Waals surface area contributed by atoms with E-state index in [9.17, 15) is 5.11 Å². The van der Waals surface area contributed by atoms with Crippen LogP contribution in [0.2, 0.25) is 0 Å². The van der Waals surface area contributed by atoms with Crippen molar-refractivity contribution in [3.63, 3.8) is 0 Å². The molecule has 20 heavy (non-hydrogen) atoms. The molecule has 1 unspecified atom stereocenters. The summed E-state index contributed by atoms with van der Waals surface area (Å²) in [5.41, 5.74) is 0.707. The molecule has 0 aliphatic rings. The molecule has 4 heteroatoms. The second kappa shape index (κ2) is 8.95. The van der Waals surface area contributed by atoms with E-state index in [1.165, 1.54) is 0 Å². The van der Waals surface area contributed by atoms with Crippen molar-refractivity contribution in [2.75, 3.05) is 19.8 Å². The predicted molar refractivity (Wildman–Crippen MR) is 80.9 cm³/mol. The fourth-order valence-corrected chi connectivity index (χ4v) is 2.15. The van der Waals surface area contributed by atoms with Gasteiger partial charge < -0.3 is 20.3 Å². The Morgan fingerprint density at radius 2 is 1.85 bits per heavy atom. The molecule has 0 saturated heterocycles. The number of likely N-dealkylation sites (N-methyl/N-ethyl adjacent to an activating group) is 1. The largest absolute Gasteiger partial charge is 0.494 e. The summed E-state index contributed by atoms with van der Waals surface area (Å²) < 4.78 is 5.65. The summed E-state index contributed by atoms with van der Waals surface area (Å²) in [4.78, 5) is 0. The lowest BCUT2D eigenvalue weighted by Crippen LogP contribution is -2.45. The Labute approximate surface area is 121 Å². The van der Waals surface area contributed by atoms with Crippen molar-refractivity contribution < 1.29 is 14.9 Å². The first-order chi connectivity index (χ1) is 9.63. The van der Waals surface area contributed by atoms with Crippen molar-refractivity contribution in [3.8, 4) is 5.75 Å². The number of nitrogens with one attached hydrogen (secondary N) is 1. The quantitative estimate of drug-likeness (QED) is 0.575. The molecule has 1 rings (SSSR count). The van der Waals surface area contributed by atoms with Crippen LogP contribution in [-0.4, -0.2) is 35.5 Å². The van der Waals surface area contributed by atoms with Crippen LogP contribution < -0.4 is 10.1 Å². The SMILES string of the molecule is CCNC(C)(CO)CCCCOc1ccc(CO)cc1. The van der Waals surface area contributed by atoms with Gasteiger partial charge in [-0.3, -0.25) is 0 Å². The summed E-state index contributed by atoms with van der Waals surface area (Å²) in [6.45, 7) is 5.85. The van der Waals surface area contributed by atoms with Crippen LogP contribution in [0.4, 0.5) is 0 Å². The third kappa shape index (κ3) is 5.90. The van der Waals surface area contributed by atoms with Crippen molar-refractivity contribution in [1.82, 2.24) is 5.32 Å². The van der Waals surface area contributed by atoms with Gasteiger partial charge in [0, 0.05) is 5.54 Å². The lowest BCUT2D eigenvalue weighted by Gasteiger charge is -2.28. The van der Waals surface area contributed by atoms with Crippen molar-refractivity contribution >= 4 is 0 Å². The third-order valence-corrected chi connectivity index (χ3v) is 3.45. The minimum absolute atomic E-state index is 0.0600. The van der Waals surface area contributed by atoms with Crippen LogP contribution in [0.3, 0.4) is 0 Å². The van der Waals surface area contributed by atoms with Gasteiger partial charge >= 0.3 is 0 Å². The molecule has 1 atom stereocenters. The van der Waals surface area contributed by atoms with E-state index in [0.717, 1.165) is 37.1 Å². The molecule has 0 fully saturated rings. The second-order valence-corrected chi connectivity index (χ2v) is 5.36. The van der Waals surface area contributed by atoms with Crippen LogP contribution in [0.15, 0.2) is 24.3 Å². The summed E-state index contributed by atoms with van der Waals surface area (Å²) in [7, 11) is 0. The molecule has 0 heterocycles. The molecule has 1 aromatic rings. The smallest absolute Gasteiger partial charge is 0.119 e. The fourth-order valence-electron chi connectivity index (χ4n) is 2.15. The van der Waals surface area contributed by atoms with Crippen LogP contribution in [0.25, 0.3) is 0 Å². The van der Waals surface area contributed by atoms with Gasteiger partial charge in [-0.2, -0.15) is 0 Å². The first-order valence-electron chi connectivity index (χ1n) is 7.32. The number of aliphatic hydroxyl groups excluding tert-OH is 2. The minimum Gasteiger partial charge on any atom is -0.494 e. The topological polar surface area (TPSA) is 61.7 Å². The van der Waals surface area contributed by atoms with Gasteiger partial charge in [-0.15, -0.1) is 0 Å². The number of ether oxygens (including phenoxy) is 1. The van der Waals surface area contributed by atoms with E-state index in [2.05, 4.69) is 5.32 Å². The van der Waals surface area contributed by atoms with Gasteiger partial charge in [0.2, 0.25) is 0 Å². The first kappa shape index (κ1) is 17.0. The molecule has 0 aromatic heterocycles. The highest BCUT2D eigenvalue weighted by Gasteiger charge is 2.20. The average Bonchev–Trinajstić information content (AvgIpc) is 2.48. The van der Waals surface area contributed by atoms with Gasteiger partial charge in [-0.1, -0.05) is 19.1 Å². The molecule has 0 aliphatic heterocycles. The van der Waals surface area contributed by atoms with Crippen LogP contribution in [-0.2, 0) is 6.61 Å². The molecular formula is C16H27NO3. The van der Waals surface area contributed by atoms with E-state index in [-0.39, 0.29) is 18.8 Å². The van der Waals surface area contributed by atoms with Gasteiger partial charge in [-0.05, 0) is 50.4 Å². The summed E-state index contributed by atoms with van der Waals surface area (Å²) in [5.74, 6) is 0.832. The molecule has 1 aromatic carbocycles. The van der Waals surface area contributed by atoms with Gasteiger partial charge in [0.25, 0.3) is 0 Å². The van der Waals surface area contributed by atoms with E-state index in [1.807, 2.05) is 38.1 Å². The van der Waals surface area contributed by atoms with Crippen LogP contribution >= 0.6 is 0 Å². The van der Waals surface area contributed by atoms with Crippen molar-refractivity contribution in [2.45, 2.75) is 45.3 Å². The van der Waals surface area contributed by atoms with Gasteiger partial charge in [0.15, 0.2) is 0 Å². The highest BCUT2D eigenvalue weighted by molar-refractivity contribution is 5.26. The standard InChI is InChI=1S/C16H27NO3/c1-3-17-16(2,13-19)10-4-5-11-20-15-8-6-14(12-18)7-9-15/h6-9,17-19H,3-5,10-13H2,1-2H3. The van der Waals surface area contributed by atoms with Crippen molar-refractivity contribution in [3.05, 3.63) is 29.8 Å². The monoisotopic (exact) mass is 281 g/mol. The lowest BCUT2D eigenvalue weighted by molar-refractivity contribution is 0.162. The number of aliphatic hydroxyl groups is 2. The fraction of sp³-hybridized carbons (Fsp3) is 0.625. The molecular weight excluding hydrogens is 254 g/mol. The van der Waals surface area contributed by atoms with E-state index in [0.29, 0.717) is 6.61 Å². The van der Waals surface area contributed by atoms with E-state index < -0.39 is 0 Å². The normalized spacial score (nSPS) is 14.0. The minimum atomic E-state index is -0.183. The molecule has 0 amide bonds.